The van der Waals surface area contributed by atoms with Gasteiger partial charge in [0.2, 0.25) is 5.95 Å². The van der Waals surface area contributed by atoms with Crippen molar-refractivity contribution < 1.29 is 4.74 Å². The number of anilines is 2. The average Bonchev–Trinajstić information content (AvgIpc) is 3.18. The van der Waals surface area contributed by atoms with Gasteiger partial charge in [0, 0.05) is 5.56 Å². The first kappa shape index (κ1) is 20.5. The number of benzene rings is 3. The molecule has 2 aromatic heterocycles. The highest BCUT2D eigenvalue weighted by Gasteiger charge is 2.18. The molecule has 0 aliphatic heterocycles. The van der Waals surface area contributed by atoms with Crippen molar-refractivity contribution in [2.24, 2.45) is 0 Å². The van der Waals surface area contributed by atoms with E-state index < -0.39 is 0 Å². The third kappa shape index (κ3) is 4.62. The lowest BCUT2D eigenvalue weighted by Gasteiger charge is -2.09. The van der Waals surface area contributed by atoms with Gasteiger partial charge >= 0.3 is 0 Å². The number of aromatic nitrogens is 4. The zero-order valence-corrected chi connectivity index (χ0v) is 18.1. The van der Waals surface area contributed by atoms with Crippen LogP contribution in [0.15, 0.2) is 91.0 Å². The van der Waals surface area contributed by atoms with Crippen LogP contribution in [0.25, 0.3) is 22.3 Å². The highest BCUT2D eigenvalue weighted by Crippen LogP contribution is 2.31. The van der Waals surface area contributed by atoms with Crippen LogP contribution >= 0.6 is 0 Å². The summed E-state index contributed by atoms with van der Waals surface area (Å²) in [4.78, 5) is 9.43. The molecule has 2 heterocycles. The highest BCUT2D eigenvalue weighted by molar-refractivity contribution is 5.98. The molecule has 7 heteroatoms. The van der Waals surface area contributed by atoms with Crippen molar-refractivity contribution in [3.63, 3.8) is 0 Å². The summed E-state index contributed by atoms with van der Waals surface area (Å²) < 4.78 is 7.54. The van der Waals surface area contributed by atoms with E-state index in [0.29, 0.717) is 37.1 Å². The second-order valence-electron chi connectivity index (χ2n) is 7.58. The van der Waals surface area contributed by atoms with Crippen LogP contribution in [0.4, 0.5) is 11.8 Å². The van der Waals surface area contributed by atoms with Crippen LogP contribution in [0.3, 0.4) is 0 Å². The van der Waals surface area contributed by atoms with Crippen LogP contribution in [0, 0.1) is 0 Å². The molecule has 0 bridgehead atoms. The second kappa shape index (κ2) is 9.40. The summed E-state index contributed by atoms with van der Waals surface area (Å²) in [7, 11) is 0. The molecule has 33 heavy (non-hydrogen) atoms. The summed E-state index contributed by atoms with van der Waals surface area (Å²) in [5.41, 5.74) is 9.93. The van der Waals surface area contributed by atoms with Crippen molar-refractivity contribution in [1.82, 2.24) is 19.7 Å². The van der Waals surface area contributed by atoms with E-state index in [-0.39, 0.29) is 0 Å². The van der Waals surface area contributed by atoms with Crippen molar-refractivity contribution in [2.75, 3.05) is 24.2 Å². The topological polar surface area (TPSA) is 90.9 Å². The Morgan fingerprint density at radius 3 is 2.21 bits per heavy atom. The molecule has 0 atom stereocenters. The molecule has 0 saturated heterocycles. The van der Waals surface area contributed by atoms with Gasteiger partial charge in [0.05, 0.1) is 24.2 Å². The molecular formula is C26H24N6O. The van der Waals surface area contributed by atoms with Gasteiger partial charge in [-0.05, 0) is 17.7 Å². The Kier molecular flexibility index (Phi) is 5.84. The Hall–Kier alpha value is -4.39. The number of rotatable bonds is 8. The Labute approximate surface area is 191 Å². The fraction of sp³-hybridized carbons (Fsp3) is 0.115. The maximum atomic E-state index is 6.54. The lowest BCUT2D eigenvalue weighted by Crippen LogP contribution is -2.13. The Morgan fingerprint density at radius 1 is 0.818 bits per heavy atom. The van der Waals surface area contributed by atoms with Crippen LogP contribution < -0.4 is 15.8 Å². The number of hydrogen-bond donors (Lipinski definition) is 2. The first-order chi connectivity index (χ1) is 16.3. The number of ether oxygens (including phenoxy) is 1. The first-order valence-electron chi connectivity index (χ1n) is 10.8. The van der Waals surface area contributed by atoms with Gasteiger partial charge in [-0.2, -0.15) is 4.98 Å². The number of para-hydroxylation sites is 1. The van der Waals surface area contributed by atoms with Gasteiger partial charge in [-0.15, -0.1) is 5.10 Å². The highest BCUT2D eigenvalue weighted by atomic mass is 16.5. The van der Waals surface area contributed by atoms with E-state index in [0.717, 1.165) is 28.0 Å². The normalized spacial score (nSPS) is 10.9. The predicted molar refractivity (Wildman–Crippen MR) is 131 cm³/mol. The molecule has 0 amide bonds. The van der Waals surface area contributed by atoms with Gasteiger partial charge in [0.25, 0.3) is 0 Å². The standard InChI is InChI=1S/C26H24N6O/c27-24-22-23(20-12-6-2-7-13-20)29-26(28-16-17-33-21-14-8-3-9-15-21)30-25(22)31-32(24)18-19-10-4-1-5-11-19/h1-15H,16-18,27H2,(H,28,30,31). The quantitative estimate of drug-likeness (QED) is 0.345. The van der Waals surface area contributed by atoms with Gasteiger partial charge in [0.1, 0.15) is 18.2 Å². The molecule has 0 unspecified atom stereocenters. The molecule has 0 aliphatic rings. The largest absolute Gasteiger partial charge is 0.492 e. The summed E-state index contributed by atoms with van der Waals surface area (Å²) in [6, 6.07) is 29.8. The van der Waals surface area contributed by atoms with Crippen LogP contribution in [0.1, 0.15) is 5.56 Å². The molecule has 7 nitrogen and oxygen atoms in total. The number of fused-ring (bicyclic) bond motifs is 1. The van der Waals surface area contributed by atoms with Crippen LogP contribution in [-0.4, -0.2) is 32.9 Å². The fourth-order valence-electron chi connectivity index (χ4n) is 3.66. The predicted octanol–water partition coefficient (Wildman–Crippen LogP) is 4.61. The van der Waals surface area contributed by atoms with Gasteiger partial charge in [0.15, 0.2) is 5.65 Å². The minimum atomic E-state index is 0.483. The lowest BCUT2D eigenvalue weighted by atomic mass is 10.1. The van der Waals surface area contributed by atoms with Crippen molar-refractivity contribution >= 4 is 22.8 Å². The van der Waals surface area contributed by atoms with E-state index in [1.54, 1.807) is 4.68 Å². The zero-order valence-electron chi connectivity index (χ0n) is 18.1. The van der Waals surface area contributed by atoms with E-state index in [9.17, 15) is 0 Å². The molecule has 0 spiro atoms. The molecule has 164 valence electrons. The Morgan fingerprint density at radius 2 is 1.48 bits per heavy atom. The van der Waals surface area contributed by atoms with E-state index >= 15 is 0 Å². The van der Waals surface area contributed by atoms with Crippen molar-refractivity contribution in [2.45, 2.75) is 6.54 Å². The van der Waals surface area contributed by atoms with E-state index in [1.807, 2.05) is 78.9 Å². The summed E-state index contributed by atoms with van der Waals surface area (Å²) in [6.45, 7) is 1.59. The molecule has 3 aromatic carbocycles. The Balaban J connectivity index is 1.45. The van der Waals surface area contributed by atoms with E-state index in [1.165, 1.54) is 0 Å². The van der Waals surface area contributed by atoms with Crippen molar-refractivity contribution in [3.8, 4) is 17.0 Å². The smallest absolute Gasteiger partial charge is 0.225 e. The van der Waals surface area contributed by atoms with E-state index in [2.05, 4.69) is 22.4 Å². The van der Waals surface area contributed by atoms with Crippen molar-refractivity contribution in [3.05, 3.63) is 96.6 Å². The molecule has 3 N–H and O–H groups in total. The number of nitrogen functional groups attached to an aromatic ring is 1. The summed E-state index contributed by atoms with van der Waals surface area (Å²) >= 11 is 0. The molecule has 5 rings (SSSR count). The minimum absolute atomic E-state index is 0.483. The van der Waals surface area contributed by atoms with Gasteiger partial charge < -0.3 is 15.8 Å². The van der Waals surface area contributed by atoms with Crippen molar-refractivity contribution in [1.29, 1.82) is 0 Å². The maximum Gasteiger partial charge on any atom is 0.225 e. The number of nitrogens with zero attached hydrogens (tertiary/aromatic N) is 4. The average molecular weight is 437 g/mol. The van der Waals surface area contributed by atoms with Gasteiger partial charge in [-0.3, -0.25) is 0 Å². The lowest BCUT2D eigenvalue weighted by molar-refractivity contribution is 0.332. The zero-order chi connectivity index (χ0) is 22.5. The second-order valence-corrected chi connectivity index (χ2v) is 7.58. The first-order valence-corrected chi connectivity index (χ1v) is 10.8. The maximum absolute atomic E-state index is 6.54. The molecule has 0 saturated carbocycles. The SMILES string of the molecule is Nc1c2c(-c3ccccc3)nc(NCCOc3ccccc3)nc2nn1Cc1ccccc1. The summed E-state index contributed by atoms with van der Waals surface area (Å²) in [5.74, 6) is 1.86. The van der Waals surface area contributed by atoms with Gasteiger partial charge in [-0.1, -0.05) is 78.9 Å². The number of nitrogens with two attached hydrogens (primary N) is 1. The van der Waals surface area contributed by atoms with Crippen LogP contribution in [0.5, 0.6) is 5.75 Å². The minimum Gasteiger partial charge on any atom is -0.492 e. The fourth-order valence-corrected chi connectivity index (χ4v) is 3.66. The van der Waals surface area contributed by atoms with Gasteiger partial charge in [-0.25, -0.2) is 9.67 Å². The van der Waals surface area contributed by atoms with E-state index in [4.69, 9.17) is 20.6 Å². The molecule has 0 fully saturated rings. The molecule has 5 aromatic rings. The summed E-state index contributed by atoms with van der Waals surface area (Å²) in [6.07, 6.45) is 0. The molecule has 0 radical (unpaired) electrons. The third-order valence-electron chi connectivity index (χ3n) is 5.26. The Bertz CT molecular complexity index is 1340. The molecular weight excluding hydrogens is 412 g/mol. The van der Waals surface area contributed by atoms with Crippen LogP contribution in [-0.2, 0) is 6.54 Å². The number of nitrogens with one attached hydrogen (secondary N) is 1. The number of hydrogen-bond acceptors (Lipinski definition) is 6. The van der Waals surface area contributed by atoms with Crippen LogP contribution in [0.2, 0.25) is 0 Å². The third-order valence-corrected chi connectivity index (χ3v) is 5.26. The monoisotopic (exact) mass is 436 g/mol. The summed E-state index contributed by atoms with van der Waals surface area (Å²) in [5, 5.41) is 8.71. The molecule has 0 aliphatic carbocycles.